The van der Waals surface area contributed by atoms with E-state index >= 15 is 0 Å². The maximum absolute atomic E-state index is 5.18. The fourth-order valence-electron chi connectivity index (χ4n) is 2.18. The third-order valence-corrected chi connectivity index (χ3v) is 3.21. The predicted molar refractivity (Wildman–Crippen MR) is 80.7 cm³/mol. The topological polar surface area (TPSA) is 21.3 Å². The van der Waals surface area contributed by atoms with E-state index in [9.17, 15) is 0 Å². The lowest BCUT2D eigenvalue weighted by atomic mass is 10.0. The molecular weight excluding hydrogens is 234 g/mol. The predicted octanol–water partition coefficient (Wildman–Crippen LogP) is 4.65. The summed E-state index contributed by atoms with van der Waals surface area (Å²) in [4.78, 5) is 0. The molecule has 19 heavy (non-hydrogen) atoms. The Hall–Kier alpha value is -1.96. The van der Waals surface area contributed by atoms with Crippen molar-refractivity contribution in [1.29, 1.82) is 0 Å². The Balaban J connectivity index is 2.11. The molecule has 2 rings (SSSR count). The first-order valence-electron chi connectivity index (χ1n) is 6.79. The summed E-state index contributed by atoms with van der Waals surface area (Å²) in [7, 11) is 1.69. The Kier molecular flexibility index (Phi) is 4.85. The number of nitrogens with one attached hydrogen (secondary N) is 1. The lowest BCUT2D eigenvalue weighted by molar-refractivity contribution is 0.415. The van der Waals surface area contributed by atoms with Crippen molar-refractivity contribution in [3.05, 3.63) is 60.2 Å². The van der Waals surface area contributed by atoms with E-state index in [0.29, 0.717) is 6.04 Å². The first kappa shape index (κ1) is 13.5. The molecule has 0 aliphatic rings. The Labute approximate surface area is 115 Å². The van der Waals surface area contributed by atoms with Crippen LogP contribution in [0.4, 0.5) is 5.69 Å². The number of rotatable bonds is 6. The van der Waals surface area contributed by atoms with Gasteiger partial charge in [-0.2, -0.15) is 0 Å². The maximum atomic E-state index is 5.18. The molecule has 2 aromatic carbocycles. The summed E-state index contributed by atoms with van der Waals surface area (Å²) in [6.07, 6.45) is 2.28. The first-order chi connectivity index (χ1) is 9.33. The van der Waals surface area contributed by atoms with Gasteiger partial charge in [-0.3, -0.25) is 0 Å². The molecule has 1 N–H and O–H groups in total. The summed E-state index contributed by atoms with van der Waals surface area (Å²) in [5, 5.41) is 3.59. The second kappa shape index (κ2) is 6.83. The first-order valence-corrected chi connectivity index (χ1v) is 6.79. The number of ether oxygens (including phenoxy) is 1. The molecule has 0 saturated heterocycles. The highest BCUT2D eigenvalue weighted by Crippen LogP contribution is 2.25. The minimum atomic E-state index is 0.361. The van der Waals surface area contributed by atoms with Crippen LogP contribution in [0.2, 0.25) is 0 Å². The Morgan fingerprint density at radius 1 is 1.00 bits per heavy atom. The molecule has 0 bridgehead atoms. The highest BCUT2D eigenvalue weighted by Gasteiger charge is 2.09. The van der Waals surface area contributed by atoms with Crippen molar-refractivity contribution < 1.29 is 4.74 Å². The third kappa shape index (κ3) is 3.75. The van der Waals surface area contributed by atoms with Gasteiger partial charge in [-0.25, -0.2) is 0 Å². The summed E-state index contributed by atoms with van der Waals surface area (Å²) in [6, 6.07) is 19.0. The molecular formula is C17H21NO. The number of methoxy groups -OCH3 is 1. The van der Waals surface area contributed by atoms with Gasteiger partial charge in [-0.1, -0.05) is 43.7 Å². The van der Waals surface area contributed by atoms with Gasteiger partial charge in [0.15, 0.2) is 0 Å². The van der Waals surface area contributed by atoms with Gasteiger partial charge >= 0.3 is 0 Å². The SMILES string of the molecule is CCC[C@H](Nc1ccc(OC)cc1)c1ccccc1. The summed E-state index contributed by atoms with van der Waals surface area (Å²) >= 11 is 0. The fourth-order valence-corrected chi connectivity index (χ4v) is 2.18. The van der Waals surface area contributed by atoms with E-state index in [-0.39, 0.29) is 0 Å². The van der Waals surface area contributed by atoms with Crippen LogP contribution in [-0.2, 0) is 0 Å². The van der Waals surface area contributed by atoms with Crippen molar-refractivity contribution in [3.8, 4) is 5.75 Å². The Morgan fingerprint density at radius 2 is 1.68 bits per heavy atom. The average Bonchev–Trinajstić information content (AvgIpc) is 2.48. The van der Waals surface area contributed by atoms with Gasteiger partial charge in [0.2, 0.25) is 0 Å². The Bertz CT molecular complexity index is 478. The van der Waals surface area contributed by atoms with Crippen molar-refractivity contribution in [3.63, 3.8) is 0 Å². The normalized spacial score (nSPS) is 11.9. The lowest BCUT2D eigenvalue weighted by Gasteiger charge is -2.20. The second-order valence-corrected chi connectivity index (χ2v) is 4.62. The highest BCUT2D eigenvalue weighted by atomic mass is 16.5. The monoisotopic (exact) mass is 255 g/mol. The van der Waals surface area contributed by atoms with Crippen molar-refractivity contribution in [2.45, 2.75) is 25.8 Å². The van der Waals surface area contributed by atoms with Gasteiger partial charge in [-0.05, 0) is 36.2 Å². The van der Waals surface area contributed by atoms with Crippen LogP contribution in [0.1, 0.15) is 31.4 Å². The fraction of sp³-hybridized carbons (Fsp3) is 0.294. The Morgan fingerprint density at radius 3 is 2.26 bits per heavy atom. The molecule has 0 aliphatic carbocycles. The van der Waals surface area contributed by atoms with E-state index in [1.54, 1.807) is 7.11 Å². The molecule has 0 aliphatic heterocycles. The van der Waals surface area contributed by atoms with Gasteiger partial charge in [0.25, 0.3) is 0 Å². The van der Waals surface area contributed by atoms with Crippen molar-refractivity contribution in [2.75, 3.05) is 12.4 Å². The lowest BCUT2D eigenvalue weighted by Crippen LogP contribution is -2.10. The standard InChI is InChI=1S/C17H21NO/c1-3-7-17(14-8-5-4-6-9-14)18-15-10-12-16(19-2)13-11-15/h4-6,8-13,17-18H,3,7H2,1-2H3/t17-/m0/s1. The summed E-state index contributed by atoms with van der Waals surface area (Å²) in [6.45, 7) is 2.21. The van der Waals surface area contributed by atoms with Crippen LogP contribution in [-0.4, -0.2) is 7.11 Å². The molecule has 0 radical (unpaired) electrons. The van der Waals surface area contributed by atoms with Crippen LogP contribution in [0.3, 0.4) is 0 Å². The van der Waals surface area contributed by atoms with Crippen LogP contribution in [0.25, 0.3) is 0 Å². The zero-order valence-corrected chi connectivity index (χ0v) is 11.6. The van der Waals surface area contributed by atoms with Crippen molar-refractivity contribution >= 4 is 5.69 Å². The molecule has 2 nitrogen and oxygen atoms in total. The molecule has 2 heteroatoms. The van der Waals surface area contributed by atoms with Gasteiger partial charge in [-0.15, -0.1) is 0 Å². The number of hydrogen-bond acceptors (Lipinski definition) is 2. The molecule has 100 valence electrons. The zero-order chi connectivity index (χ0) is 13.5. The molecule has 0 saturated carbocycles. The molecule has 0 aromatic heterocycles. The minimum absolute atomic E-state index is 0.361. The van der Waals surface area contributed by atoms with Crippen LogP contribution in [0, 0.1) is 0 Å². The number of anilines is 1. The molecule has 0 unspecified atom stereocenters. The maximum Gasteiger partial charge on any atom is 0.119 e. The van der Waals surface area contributed by atoms with Gasteiger partial charge in [0.1, 0.15) is 5.75 Å². The smallest absolute Gasteiger partial charge is 0.119 e. The number of benzene rings is 2. The van der Waals surface area contributed by atoms with Gasteiger partial charge in [0.05, 0.1) is 13.2 Å². The third-order valence-electron chi connectivity index (χ3n) is 3.21. The minimum Gasteiger partial charge on any atom is -0.497 e. The van der Waals surface area contributed by atoms with E-state index in [1.165, 1.54) is 5.56 Å². The van der Waals surface area contributed by atoms with Gasteiger partial charge < -0.3 is 10.1 Å². The molecule has 0 amide bonds. The van der Waals surface area contributed by atoms with Crippen LogP contribution in [0.5, 0.6) is 5.75 Å². The van der Waals surface area contributed by atoms with Crippen LogP contribution >= 0.6 is 0 Å². The molecule has 1 atom stereocenters. The van der Waals surface area contributed by atoms with Crippen LogP contribution < -0.4 is 10.1 Å². The van der Waals surface area contributed by atoms with E-state index in [2.05, 4.69) is 54.7 Å². The molecule has 0 spiro atoms. The zero-order valence-electron chi connectivity index (χ0n) is 11.6. The van der Waals surface area contributed by atoms with Crippen molar-refractivity contribution in [1.82, 2.24) is 0 Å². The molecule has 2 aromatic rings. The van der Waals surface area contributed by atoms with E-state index in [4.69, 9.17) is 4.74 Å². The molecule has 0 heterocycles. The van der Waals surface area contributed by atoms with E-state index in [1.807, 2.05) is 12.1 Å². The largest absolute Gasteiger partial charge is 0.497 e. The molecule has 0 fully saturated rings. The van der Waals surface area contributed by atoms with Gasteiger partial charge in [0, 0.05) is 5.69 Å². The summed E-state index contributed by atoms with van der Waals surface area (Å²) in [5.41, 5.74) is 2.46. The van der Waals surface area contributed by atoms with Crippen LogP contribution in [0.15, 0.2) is 54.6 Å². The summed E-state index contributed by atoms with van der Waals surface area (Å²) in [5.74, 6) is 0.886. The van der Waals surface area contributed by atoms with Crippen molar-refractivity contribution in [2.24, 2.45) is 0 Å². The van der Waals surface area contributed by atoms with E-state index < -0.39 is 0 Å². The number of hydrogen-bond donors (Lipinski definition) is 1. The average molecular weight is 255 g/mol. The van der Waals surface area contributed by atoms with E-state index in [0.717, 1.165) is 24.3 Å². The summed E-state index contributed by atoms with van der Waals surface area (Å²) < 4.78 is 5.18. The highest BCUT2D eigenvalue weighted by molar-refractivity contribution is 5.48. The second-order valence-electron chi connectivity index (χ2n) is 4.62. The quantitative estimate of drug-likeness (QED) is 0.811.